The Labute approximate surface area is 207 Å². The third-order valence-corrected chi connectivity index (χ3v) is 4.56. The average Bonchev–Trinajstić information content (AvgIpc) is 2.85. The zero-order valence-electron chi connectivity index (χ0n) is 19.5. The van der Waals surface area contributed by atoms with E-state index in [9.17, 15) is 18.8 Å². The Balaban J connectivity index is 1.52. The van der Waals surface area contributed by atoms with Crippen molar-refractivity contribution in [1.29, 1.82) is 0 Å². The first-order valence-electron chi connectivity index (χ1n) is 11.1. The van der Waals surface area contributed by atoms with Crippen molar-refractivity contribution in [2.45, 2.75) is 13.3 Å². The van der Waals surface area contributed by atoms with E-state index >= 15 is 0 Å². The lowest BCUT2D eigenvalue weighted by Gasteiger charge is -2.13. The Morgan fingerprint density at radius 3 is 2.36 bits per heavy atom. The number of amides is 3. The van der Waals surface area contributed by atoms with E-state index in [1.807, 2.05) is 6.07 Å². The molecule has 186 valence electrons. The molecule has 0 radical (unpaired) electrons. The molecule has 3 rings (SSSR count). The second-order valence-corrected chi connectivity index (χ2v) is 7.34. The highest BCUT2D eigenvalue weighted by Gasteiger charge is 2.11. The highest BCUT2D eigenvalue weighted by molar-refractivity contribution is 6.03. The summed E-state index contributed by atoms with van der Waals surface area (Å²) in [6.07, 6.45) is 0.988. The summed E-state index contributed by atoms with van der Waals surface area (Å²) in [5.41, 5.74) is 3.52. The van der Waals surface area contributed by atoms with Gasteiger partial charge in [0.25, 0.3) is 5.91 Å². The number of hydrogen-bond acceptors (Lipinski definition) is 6. The van der Waals surface area contributed by atoms with Crippen LogP contribution in [0.15, 0.2) is 77.9 Å². The SMILES string of the molecule is CCOc1cc(C=NNC(=O)CC(=O)Nc2ccccc2)ccc1OCC(=O)Nc1ccccc1F. The fourth-order valence-corrected chi connectivity index (χ4v) is 2.98. The van der Waals surface area contributed by atoms with Crippen LogP contribution in [0, 0.1) is 5.82 Å². The van der Waals surface area contributed by atoms with Gasteiger partial charge in [0, 0.05) is 5.69 Å². The first-order valence-corrected chi connectivity index (χ1v) is 11.1. The standard InChI is InChI=1S/C26H25FN4O5/c1-2-35-23-14-18(16-28-31-25(33)15-24(32)29-19-8-4-3-5-9-19)12-13-22(23)36-17-26(34)30-21-11-7-6-10-20(21)27/h3-14,16H,2,15,17H2,1H3,(H,29,32)(H,30,34)(H,31,33). The minimum atomic E-state index is -0.578. The molecule has 3 aromatic carbocycles. The molecule has 0 bridgehead atoms. The molecule has 0 aliphatic rings. The normalized spacial score (nSPS) is 10.5. The Hall–Kier alpha value is -4.73. The smallest absolute Gasteiger partial charge is 0.262 e. The second kappa shape index (κ2) is 13.2. The van der Waals surface area contributed by atoms with Gasteiger partial charge in [-0.1, -0.05) is 30.3 Å². The second-order valence-electron chi connectivity index (χ2n) is 7.34. The predicted molar refractivity (Wildman–Crippen MR) is 134 cm³/mol. The zero-order valence-corrected chi connectivity index (χ0v) is 19.5. The Morgan fingerprint density at radius 2 is 1.61 bits per heavy atom. The summed E-state index contributed by atoms with van der Waals surface area (Å²) in [6.45, 7) is 1.77. The summed E-state index contributed by atoms with van der Waals surface area (Å²) in [6, 6.07) is 19.4. The van der Waals surface area contributed by atoms with Gasteiger partial charge in [-0.15, -0.1) is 0 Å². The van der Waals surface area contributed by atoms with Crippen molar-refractivity contribution >= 4 is 35.3 Å². The van der Waals surface area contributed by atoms with Gasteiger partial charge in [0.05, 0.1) is 18.5 Å². The molecule has 0 aromatic heterocycles. The Bertz CT molecular complexity index is 1230. The van der Waals surface area contributed by atoms with Crippen molar-refractivity contribution in [2.75, 3.05) is 23.8 Å². The molecule has 3 N–H and O–H groups in total. The molecular formula is C26H25FN4O5. The molecule has 0 saturated carbocycles. The zero-order chi connectivity index (χ0) is 25.8. The maximum absolute atomic E-state index is 13.7. The maximum atomic E-state index is 13.7. The first-order chi connectivity index (χ1) is 17.4. The molecule has 0 aliphatic heterocycles. The first kappa shape index (κ1) is 25.9. The van der Waals surface area contributed by atoms with Crippen molar-refractivity contribution in [2.24, 2.45) is 5.10 Å². The van der Waals surface area contributed by atoms with Crippen molar-refractivity contribution in [3.63, 3.8) is 0 Å². The van der Waals surface area contributed by atoms with E-state index in [-0.39, 0.29) is 12.3 Å². The Morgan fingerprint density at radius 1 is 0.861 bits per heavy atom. The molecule has 0 atom stereocenters. The third-order valence-electron chi connectivity index (χ3n) is 4.56. The van der Waals surface area contributed by atoms with Crippen molar-refractivity contribution in [1.82, 2.24) is 5.43 Å². The van der Waals surface area contributed by atoms with Crippen LogP contribution in [0.5, 0.6) is 11.5 Å². The molecule has 0 fully saturated rings. The van der Waals surface area contributed by atoms with Gasteiger partial charge in [-0.05, 0) is 55.0 Å². The highest BCUT2D eigenvalue weighted by atomic mass is 19.1. The minimum absolute atomic E-state index is 0.0577. The topological polar surface area (TPSA) is 118 Å². The van der Waals surface area contributed by atoms with E-state index in [2.05, 4.69) is 21.2 Å². The van der Waals surface area contributed by atoms with Crippen LogP contribution in [-0.2, 0) is 14.4 Å². The van der Waals surface area contributed by atoms with Gasteiger partial charge in [0.2, 0.25) is 11.8 Å². The lowest BCUT2D eigenvalue weighted by atomic mass is 10.2. The average molecular weight is 493 g/mol. The molecule has 0 spiro atoms. The number of carbonyl (C=O) groups is 3. The summed E-state index contributed by atoms with van der Waals surface area (Å²) < 4.78 is 24.8. The lowest BCUT2D eigenvalue weighted by molar-refractivity contribution is -0.126. The summed E-state index contributed by atoms with van der Waals surface area (Å²) in [7, 11) is 0. The van der Waals surface area contributed by atoms with Crippen LogP contribution in [0.4, 0.5) is 15.8 Å². The molecule has 0 heterocycles. The molecule has 3 amide bonds. The number of hydrazone groups is 1. The number of ether oxygens (including phenoxy) is 2. The van der Waals surface area contributed by atoms with Crippen LogP contribution in [0.25, 0.3) is 0 Å². The fraction of sp³-hybridized carbons (Fsp3) is 0.154. The van der Waals surface area contributed by atoms with Gasteiger partial charge in [0.1, 0.15) is 12.2 Å². The number of nitrogens with one attached hydrogen (secondary N) is 3. The molecule has 0 aliphatic carbocycles. The largest absolute Gasteiger partial charge is 0.490 e. The summed E-state index contributed by atoms with van der Waals surface area (Å²) in [4.78, 5) is 36.0. The van der Waals surface area contributed by atoms with Crippen LogP contribution in [0.1, 0.15) is 18.9 Å². The minimum Gasteiger partial charge on any atom is -0.490 e. The van der Waals surface area contributed by atoms with Gasteiger partial charge >= 0.3 is 0 Å². The summed E-state index contributed by atoms with van der Waals surface area (Å²) >= 11 is 0. The van der Waals surface area contributed by atoms with E-state index in [1.165, 1.54) is 24.4 Å². The van der Waals surface area contributed by atoms with Gasteiger partial charge < -0.3 is 20.1 Å². The molecule has 0 unspecified atom stereocenters. The van der Waals surface area contributed by atoms with Crippen LogP contribution in [0.2, 0.25) is 0 Å². The van der Waals surface area contributed by atoms with Gasteiger partial charge in [0.15, 0.2) is 18.1 Å². The number of anilines is 2. The van der Waals surface area contributed by atoms with E-state index in [0.717, 1.165) is 0 Å². The highest BCUT2D eigenvalue weighted by Crippen LogP contribution is 2.28. The number of hydrogen-bond donors (Lipinski definition) is 3. The molecule has 36 heavy (non-hydrogen) atoms. The van der Waals surface area contributed by atoms with Crippen molar-refractivity contribution in [3.8, 4) is 11.5 Å². The quantitative estimate of drug-likeness (QED) is 0.214. The van der Waals surface area contributed by atoms with Crippen molar-refractivity contribution < 1.29 is 28.2 Å². The molecule has 3 aromatic rings. The van der Waals surface area contributed by atoms with E-state index < -0.39 is 30.0 Å². The molecule has 9 nitrogen and oxygen atoms in total. The molecular weight excluding hydrogens is 467 g/mol. The van der Waals surface area contributed by atoms with Gasteiger partial charge in [-0.25, -0.2) is 9.82 Å². The summed E-state index contributed by atoms with van der Waals surface area (Å²) in [5.74, 6) is -1.47. The van der Waals surface area contributed by atoms with Gasteiger partial charge in [-0.3, -0.25) is 14.4 Å². The summed E-state index contributed by atoms with van der Waals surface area (Å²) in [5, 5.41) is 8.92. The van der Waals surface area contributed by atoms with E-state index in [0.29, 0.717) is 29.4 Å². The number of para-hydroxylation sites is 2. The predicted octanol–water partition coefficient (Wildman–Crippen LogP) is 3.72. The number of rotatable bonds is 11. The van der Waals surface area contributed by atoms with Crippen LogP contribution in [0.3, 0.4) is 0 Å². The van der Waals surface area contributed by atoms with Gasteiger partial charge in [-0.2, -0.15) is 5.10 Å². The monoisotopic (exact) mass is 492 g/mol. The maximum Gasteiger partial charge on any atom is 0.262 e. The number of nitrogens with zero attached hydrogens (tertiary/aromatic N) is 1. The van der Waals surface area contributed by atoms with E-state index in [1.54, 1.807) is 55.5 Å². The molecule has 0 saturated heterocycles. The number of carbonyl (C=O) groups excluding carboxylic acids is 3. The number of benzene rings is 3. The van der Waals surface area contributed by atoms with E-state index in [4.69, 9.17) is 9.47 Å². The fourth-order valence-electron chi connectivity index (χ4n) is 2.98. The van der Waals surface area contributed by atoms with Crippen molar-refractivity contribution in [3.05, 3.63) is 84.2 Å². The Kier molecular flexibility index (Phi) is 9.51. The van der Waals surface area contributed by atoms with Crippen LogP contribution < -0.4 is 25.5 Å². The third kappa shape index (κ3) is 8.24. The number of halogens is 1. The molecule has 10 heteroatoms. The van der Waals surface area contributed by atoms with Crippen LogP contribution >= 0.6 is 0 Å². The lowest BCUT2D eigenvalue weighted by Crippen LogP contribution is -2.24. The van der Waals surface area contributed by atoms with Crippen LogP contribution in [-0.4, -0.2) is 37.1 Å².